The monoisotopic (exact) mass is 540 g/mol. The fourth-order valence-corrected chi connectivity index (χ4v) is 5.37. The Labute approximate surface area is 235 Å². The molecule has 0 aliphatic rings. The summed E-state index contributed by atoms with van der Waals surface area (Å²) in [6.45, 7) is 0. The van der Waals surface area contributed by atoms with Crippen LogP contribution in [0.4, 0.5) is 13.2 Å². The Hall–Kier alpha value is -5.09. The molecule has 0 aliphatic heterocycles. The molecule has 1 aromatic heterocycles. The van der Waals surface area contributed by atoms with Gasteiger partial charge in [-0.2, -0.15) is 13.2 Å². The lowest BCUT2D eigenvalue weighted by Crippen LogP contribution is -2.04. The summed E-state index contributed by atoms with van der Waals surface area (Å²) < 4.78 is 45.4. The number of alkyl halides is 3. The van der Waals surface area contributed by atoms with Gasteiger partial charge in [0.15, 0.2) is 0 Å². The van der Waals surface area contributed by atoms with Crippen molar-refractivity contribution in [2.24, 2.45) is 0 Å². The van der Waals surface area contributed by atoms with Crippen molar-refractivity contribution in [3.05, 3.63) is 145 Å². The molecular weight excluding hydrogens is 517 g/mol. The van der Waals surface area contributed by atoms with E-state index in [1.165, 1.54) is 12.1 Å². The van der Waals surface area contributed by atoms with Crippen LogP contribution in [0.5, 0.6) is 0 Å². The minimum Gasteiger partial charge on any atom is -0.456 e. The van der Waals surface area contributed by atoms with Gasteiger partial charge in [-0.05, 0) is 80.9 Å². The summed E-state index contributed by atoms with van der Waals surface area (Å²) >= 11 is 0. The van der Waals surface area contributed by atoms with Crippen molar-refractivity contribution in [2.75, 3.05) is 0 Å². The molecule has 0 radical (unpaired) electrons. The van der Waals surface area contributed by atoms with Crippen LogP contribution in [0, 0.1) is 0 Å². The van der Waals surface area contributed by atoms with Crippen molar-refractivity contribution >= 4 is 21.9 Å². The molecule has 0 amide bonds. The molecular formula is C37H23F3O. The molecule has 1 nitrogen and oxygen atoms in total. The standard InChI is InChI=1S/C37H23F3O/c38-37(39,40)32-8-4-7-30(22-32)26-15-11-24(12-16-26)28-5-3-6-29(21-28)25-13-17-27(18-14-25)31-19-20-36-34(23-31)33-9-1-2-10-35(33)41-36/h1-23H. The van der Waals surface area contributed by atoms with Crippen LogP contribution in [0.1, 0.15) is 5.56 Å². The molecule has 0 N–H and O–H groups in total. The van der Waals surface area contributed by atoms with Gasteiger partial charge in [0, 0.05) is 10.8 Å². The van der Waals surface area contributed by atoms with Crippen LogP contribution in [0.2, 0.25) is 0 Å². The third-order valence-electron chi connectivity index (χ3n) is 7.53. The summed E-state index contributed by atoms with van der Waals surface area (Å²) in [4.78, 5) is 0. The first-order chi connectivity index (χ1) is 19.9. The number of rotatable bonds is 4. The maximum absolute atomic E-state index is 13.1. The summed E-state index contributed by atoms with van der Waals surface area (Å²) in [6, 6.07) is 44.2. The first-order valence-corrected chi connectivity index (χ1v) is 13.3. The van der Waals surface area contributed by atoms with E-state index in [9.17, 15) is 13.2 Å². The smallest absolute Gasteiger partial charge is 0.416 e. The van der Waals surface area contributed by atoms with Crippen LogP contribution in [-0.2, 0) is 6.18 Å². The van der Waals surface area contributed by atoms with Crippen molar-refractivity contribution in [1.29, 1.82) is 0 Å². The van der Waals surface area contributed by atoms with Gasteiger partial charge >= 0.3 is 6.18 Å². The van der Waals surface area contributed by atoms with E-state index in [4.69, 9.17) is 4.42 Å². The van der Waals surface area contributed by atoms with Crippen molar-refractivity contribution in [3.8, 4) is 44.5 Å². The predicted octanol–water partition coefficient (Wildman–Crippen LogP) is 11.3. The number of fused-ring (bicyclic) bond motifs is 3. The quantitative estimate of drug-likeness (QED) is 0.216. The predicted molar refractivity (Wildman–Crippen MR) is 160 cm³/mol. The summed E-state index contributed by atoms with van der Waals surface area (Å²) in [5.41, 5.74) is 8.90. The SMILES string of the molecule is FC(F)(F)c1cccc(-c2ccc(-c3cccc(-c4ccc(-c5ccc6oc7ccccc7c6c5)cc4)c3)cc2)c1. The van der Waals surface area contributed by atoms with Gasteiger partial charge in [-0.3, -0.25) is 0 Å². The highest BCUT2D eigenvalue weighted by molar-refractivity contribution is 6.06. The van der Waals surface area contributed by atoms with Gasteiger partial charge in [-0.15, -0.1) is 0 Å². The highest BCUT2D eigenvalue weighted by Gasteiger charge is 2.30. The summed E-state index contributed by atoms with van der Waals surface area (Å²) in [7, 11) is 0. The molecule has 1 heterocycles. The van der Waals surface area contributed by atoms with Gasteiger partial charge in [0.1, 0.15) is 11.2 Å². The Morgan fingerprint density at radius 3 is 1.41 bits per heavy atom. The minimum atomic E-state index is -4.36. The van der Waals surface area contributed by atoms with Crippen LogP contribution in [0.15, 0.2) is 144 Å². The molecule has 0 saturated heterocycles. The Kier molecular flexibility index (Phi) is 5.97. The van der Waals surface area contributed by atoms with E-state index in [1.54, 1.807) is 6.07 Å². The van der Waals surface area contributed by atoms with Crippen molar-refractivity contribution < 1.29 is 17.6 Å². The van der Waals surface area contributed by atoms with Gasteiger partial charge in [0.05, 0.1) is 5.56 Å². The van der Waals surface area contributed by atoms with Crippen LogP contribution < -0.4 is 0 Å². The van der Waals surface area contributed by atoms with Gasteiger partial charge in [0.2, 0.25) is 0 Å². The van der Waals surface area contributed by atoms with E-state index in [1.807, 2.05) is 60.7 Å². The van der Waals surface area contributed by atoms with Crippen LogP contribution in [0.25, 0.3) is 66.4 Å². The first kappa shape index (κ1) is 24.9. The van der Waals surface area contributed by atoms with Crippen LogP contribution in [-0.4, -0.2) is 0 Å². The van der Waals surface area contributed by atoms with Gasteiger partial charge in [-0.1, -0.05) is 103 Å². The van der Waals surface area contributed by atoms with E-state index < -0.39 is 11.7 Å². The van der Waals surface area contributed by atoms with Crippen LogP contribution in [0.3, 0.4) is 0 Å². The Morgan fingerprint density at radius 2 is 0.829 bits per heavy atom. The summed E-state index contributed by atoms with van der Waals surface area (Å²) in [6.07, 6.45) is -4.36. The molecule has 7 rings (SSSR count). The van der Waals surface area contributed by atoms with E-state index in [0.717, 1.165) is 66.9 Å². The molecule has 0 bridgehead atoms. The number of furan rings is 1. The molecule has 6 aromatic carbocycles. The average molecular weight is 541 g/mol. The molecule has 0 unspecified atom stereocenters. The van der Waals surface area contributed by atoms with E-state index >= 15 is 0 Å². The first-order valence-electron chi connectivity index (χ1n) is 13.3. The van der Waals surface area contributed by atoms with E-state index in [2.05, 4.69) is 54.6 Å². The molecule has 0 atom stereocenters. The third-order valence-corrected chi connectivity index (χ3v) is 7.53. The number of hydrogen-bond donors (Lipinski definition) is 0. The average Bonchev–Trinajstić information content (AvgIpc) is 3.39. The highest BCUT2D eigenvalue weighted by Crippen LogP contribution is 2.35. The highest BCUT2D eigenvalue weighted by atomic mass is 19.4. The molecule has 0 saturated carbocycles. The Morgan fingerprint density at radius 1 is 0.366 bits per heavy atom. The minimum absolute atomic E-state index is 0.542. The maximum Gasteiger partial charge on any atom is 0.416 e. The second kappa shape index (κ2) is 9.83. The topological polar surface area (TPSA) is 13.1 Å². The fourth-order valence-electron chi connectivity index (χ4n) is 5.37. The fraction of sp³-hybridized carbons (Fsp3) is 0.0270. The molecule has 7 aromatic rings. The third kappa shape index (κ3) is 4.78. The Balaban J connectivity index is 1.15. The molecule has 198 valence electrons. The summed E-state index contributed by atoms with van der Waals surface area (Å²) in [5, 5.41) is 2.22. The molecule has 0 spiro atoms. The molecule has 0 aliphatic carbocycles. The van der Waals surface area contributed by atoms with E-state index in [0.29, 0.717) is 5.56 Å². The summed E-state index contributed by atoms with van der Waals surface area (Å²) in [5.74, 6) is 0. The zero-order valence-electron chi connectivity index (χ0n) is 21.8. The lowest BCUT2D eigenvalue weighted by molar-refractivity contribution is -0.137. The number of halogens is 3. The second-order valence-electron chi connectivity index (χ2n) is 10.1. The lowest BCUT2D eigenvalue weighted by Gasteiger charge is -2.10. The van der Waals surface area contributed by atoms with Crippen molar-refractivity contribution in [2.45, 2.75) is 6.18 Å². The van der Waals surface area contributed by atoms with Gasteiger partial charge < -0.3 is 4.42 Å². The molecule has 4 heteroatoms. The van der Waals surface area contributed by atoms with E-state index in [-0.39, 0.29) is 0 Å². The normalized spacial score (nSPS) is 11.8. The molecule has 41 heavy (non-hydrogen) atoms. The maximum atomic E-state index is 13.1. The number of para-hydroxylation sites is 1. The number of hydrogen-bond acceptors (Lipinski definition) is 1. The Bertz CT molecular complexity index is 2010. The zero-order chi connectivity index (χ0) is 28.0. The zero-order valence-corrected chi connectivity index (χ0v) is 21.8. The molecule has 0 fully saturated rings. The lowest BCUT2D eigenvalue weighted by atomic mass is 9.95. The largest absolute Gasteiger partial charge is 0.456 e. The second-order valence-corrected chi connectivity index (χ2v) is 10.1. The van der Waals surface area contributed by atoms with Crippen LogP contribution >= 0.6 is 0 Å². The van der Waals surface area contributed by atoms with Crippen molar-refractivity contribution in [3.63, 3.8) is 0 Å². The van der Waals surface area contributed by atoms with Gasteiger partial charge in [-0.25, -0.2) is 0 Å². The van der Waals surface area contributed by atoms with Gasteiger partial charge in [0.25, 0.3) is 0 Å². The number of benzene rings is 6. The van der Waals surface area contributed by atoms with Crippen molar-refractivity contribution in [1.82, 2.24) is 0 Å².